The lowest BCUT2D eigenvalue weighted by atomic mass is 10.0. The van der Waals surface area contributed by atoms with Gasteiger partial charge >= 0.3 is 0 Å². The van der Waals surface area contributed by atoms with Gasteiger partial charge in [-0.2, -0.15) is 0 Å². The van der Waals surface area contributed by atoms with Gasteiger partial charge in [0.2, 0.25) is 0 Å². The van der Waals surface area contributed by atoms with Crippen LogP contribution in [0.2, 0.25) is 0 Å². The van der Waals surface area contributed by atoms with Crippen molar-refractivity contribution in [2.45, 2.75) is 0 Å². The average Bonchev–Trinajstić information content (AvgIpc) is 3.76. The van der Waals surface area contributed by atoms with Gasteiger partial charge in [-0.25, -0.2) is 0 Å². The first kappa shape index (κ1) is 28.0. The lowest BCUT2D eigenvalue weighted by Crippen LogP contribution is -2.09. The number of fused-ring (bicyclic) bond motifs is 11. The van der Waals surface area contributed by atoms with Crippen molar-refractivity contribution in [2.24, 2.45) is 0 Å². The summed E-state index contributed by atoms with van der Waals surface area (Å²) < 4.78 is 13.1. The number of hydrogen-bond acceptors (Lipinski definition) is 4. The molecule has 0 aliphatic heterocycles. The van der Waals surface area contributed by atoms with Crippen molar-refractivity contribution < 1.29 is 8.83 Å². The van der Waals surface area contributed by atoms with Crippen LogP contribution in [0.4, 0.5) is 17.1 Å². The van der Waals surface area contributed by atoms with E-state index in [4.69, 9.17) is 8.83 Å². The van der Waals surface area contributed by atoms with E-state index in [1.54, 1.807) is 0 Å². The minimum atomic E-state index is 0.849. The Morgan fingerprint density at radius 3 is 1.55 bits per heavy atom. The van der Waals surface area contributed by atoms with Crippen molar-refractivity contribution in [2.75, 3.05) is 4.90 Å². The lowest BCUT2D eigenvalue weighted by molar-refractivity contribution is 0.669. The van der Waals surface area contributed by atoms with Gasteiger partial charge in [-0.05, 0) is 99.4 Å². The molecule has 0 spiro atoms. The third-order valence-corrected chi connectivity index (χ3v) is 10.3. The number of furan rings is 2. The first-order valence-corrected chi connectivity index (χ1v) is 17.2. The molecule has 51 heavy (non-hydrogen) atoms. The highest BCUT2D eigenvalue weighted by atomic mass is 16.3. The zero-order valence-corrected chi connectivity index (χ0v) is 27.4. The van der Waals surface area contributed by atoms with Crippen LogP contribution in [0.15, 0.2) is 179 Å². The van der Waals surface area contributed by atoms with E-state index in [0.717, 1.165) is 83.0 Å². The van der Waals surface area contributed by atoms with Crippen LogP contribution in [-0.4, -0.2) is 4.98 Å². The fourth-order valence-electron chi connectivity index (χ4n) is 7.85. The summed E-state index contributed by atoms with van der Waals surface area (Å²) in [6, 6.07) is 57.8. The summed E-state index contributed by atoms with van der Waals surface area (Å²) in [6.45, 7) is 0. The van der Waals surface area contributed by atoms with Gasteiger partial charge in [0.05, 0.1) is 5.52 Å². The van der Waals surface area contributed by atoms with Crippen LogP contribution in [0, 0.1) is 0 Å². The minimum absolute atomic E-state index is 0.849. The molecule has 0 aliphatic carbocycles. The van der Waals surface area contributed by atoms with E-state index in [0.29, 0.717) is 0 Å². The smallest absolute Gasteiger partial charge is 0.137 e. The maximum atomic E-state index is 6.54. The Morgan fingerprint density at radius 2 is 0.922 bits per heavy atom. The molecule has 0 radical (unpaired) electrons. The van der Waals surface area contributed by atoms with Crippen LogP contribution in [0.5, 0.6) is 0 Å². The third-order valence-electron chi connectivity index (χ3n) is 10.3. The van der Waals surface area contributed by atoms with Crippen LogP contribution in [0.25, 0.3) is 87.5 Å². The fourth-order valence-corrected chi connectivity index (χ4v) is 7.85. The fraction of sp³-hybridized carbons (Fsp3) is 0. The summed E-state index contributed by atoms with van der Waals surface area (Å²) >= 11 is 0. The van der Waals surface area contributed by atoms with Crippen molar-refractivity contribution in [1.82, 2.24) is 4.98 Å². The molecule has 4 nitrogen and oxygen atoms in total. The van der Waals surface area contributed by atoms with E-state index >= 15 is 0 Å². The van der Waals surface area contributed by atoms with Gasteiger partial charge in [-0.1, -0.05) is 84.9 Å². The molecule has 0 saturated carbocycles. The van der Waals surface area contributed by atoms with Gasteiger partial charge in [0.25, 0.3) is 0 Å². The molecule has 3 aromatic heterocycles. The molecular formula is C47H28N2O2. The summed E-state index contributed by atoms with van der Waals surface area (Å²) in [5, 5.41) is 10.4. The molecule has 11 rings (SSSR count). The molecule has 238 valence electrons. The first-order chi connectivity index (χ1) is 25.2. The number of benzene rings is 8. The van der Waals surface area contributed by atoms with Crippen LogP contribution >= 0.6 is 0 Å². The minimum Gasteiger partial charge on any atom is -0.456 e. The number of rotatable bonds is 4. The molecule has 0 atom stereocenters. The summed E-state index contributed by atoms with van der Waals surface area (Å²) in [7, 11) is 0. The Morgan fingerprint density at radius 1 is 0.373 bits per heavy atom. The van der Waals surface area contributed by atoms with E-state index in [2.05, 4.69) is 168 Å². The number of nitrogens with zero attached hydrogens (tertiary/aromatic N) is 2. The summed E-state index contributed by atoms with van der Waals surface area (Å²) in [5.41, 5.74) is 9.78. The maximum absolute atomic E-state index is 6.54. The Kier molecular flexibility index (Phi) is 5.92. The number of hydrogen-bond donors (Lipinski definition) is 0. The molecule has 3 heterocycles. The average molecular weight is 653 g/mol. The molecular weight excluding hydrogens is 625 g/mol. The Hall–Kier alpha value is -6.91. The predicted molar refractivity (Wildman–Crippen MR) is 211 cm³/mol. The van der Waals surface area contributed by atoms with E-state index < -0.39 is 0 Å². The quantitative estimate of drug-likeness (QED) is 0.190. The van der Waals surface area contributed by atoms with Gasteiger partial charge in [-0.3, -0.25) is 4.98 Å². The Balaban J connectivity index is 1.09. The third kappa shape index (κ3) is 4.37. The van der Waals surface area contributed by atoms with E-state index in [1.807, 2.05) is 12.3 Å². The van der Waals surface area contributed by atoms with Gasteiger partial charge in [0.15, 0.2) is 0 Å². The van der Waals surface area contributed by atoms with Crippen molar-refractivity contribution in [3.05, 3.63) is 170 Å². The molecule has 0 N–H and O–H groups in total. The van der Waals surface area contributed by atoms with Crippen LogP contribution in [0.3, 0.4) is 0 Å². The Labute approximate surface area is 292 Å². The Bertz CT molecular complexity index is 3000. The van der Waals surface area contributed by atoms with Gasteiger partial charge in [0, 0.05) is 62.3 Å². The zero-order valence-electron chi connectivity index (χ0n) is 27.4. The molecule has 0 fully saturated rings. The second-order valence-electron chi connectivity index (χ2n) is 13.2. The van der Waals surface area contributed by atoms with Crippen LogP contribution in [0.1, 0.15) is 0 Å². The second-order valence-corrected chi connectivity index (χ2v) is 13.2. The first-order valence-electron chi connectivity index (χ1n) is 17.2. The second kappa shape index (κ2) is 10.8. The number of aromatic nitrogens is 1. The van der Waals surface area contributed by atoms with Gasteiger partial charge < -0.3 is 13.7 Å². The van der Waals surface area contributed by atoms with Crippen molar-refractivity contribution in [3.8, 4) is 11.1 Å². The molecule has 0 aliphatic rings. The largest absolute Gasteiger partial charge is 0.456 e. The molecule has 0 unspecified atom stereocenters. The maximum Gasteiger partial charge on any atom is 0.137 e. The number of pyridine rings is 1. The van der Waals surface area contributed by atoms with Crippen molar-refractivity contribution in [3.63, 3.8) is 0 Å². The van der Waals surface area contributed by atoms with E-state index in [9.17, 15) is 0 Å². The highest BCUT2D eigenvalue weighted by Crippen LogP contribution is 2.43. The standard InChI is InChI=1S/C47H28N2O2/c1-3-9-37-30(6-1)14-23-42-46(37)39-20-18-35(27-44(39)50-42)49(34-16-11-29(12-17-34)32-13-22-41-33(26-32)8-5-25-48-41)36-19-21-40-45(28-36)51-43-24-15-31-7-2-4-10-38(31)47(40)43/h1-28H. The predicted octanol–water partition coefficient (Wildman–Crippen LogP) is 13.5. The normalized spacial score (nSPS) is 11.9. The highest BCUT2D eigenvalue weighted by molar-refractivity contribution is 6.20. The molecule has 0 saturated heterocycles. The summed E-state index contributed by atoms with van der Waals surface area (Å²) in [4.78, 5) is 6.78. The SMILES string of the molecule is c1cnc2ccc(-c3ccc(N(c4ccc5c(c4)oc4ccc6ccccc6c45)c4ccc5c(c4)oc4ccc6ccccc6c45)cc3)cc2c1. The van der Waals surface area contributed by atoms with E-state index in [-0.39, 0.29) is 0 Å². The molecule has 11 aromatic rings. The molecule has 0 amide bonds. The van der Waals surface area contributed by atoms with Crippen molar-refractivity contribution in [1.29, 1.82) is 0 Å². The topological polar surface area (TPSA) is 42.4 Å². The summed E-state index contributed by atoms with van der Waals surface area (Å²) in [6.07, 6.45) is 1.83. The highest BCUT2D eigenvalue weighted by Gasteiger charge is 2.19. The zero-order chi connectivity index (χ0) is 33.5. The van der Waals surface area contributed by atoms with E-state index in [1.165, 1.54) is 21.5 Å². The van der Waals surface area contributed by atoms with Gasteiger partial charge in [-0.15, -0.1) is 0 Å². The van der Waals surface area contributed by atoms with Crippen LogP contribution < -0.4 is 4.90 Å². The summed E-state index contributed by atoms with van der Waals surface area (Å²) in [5.74, 6) is 0. The number of anilines is 3. The molecule has 8 aromatic carbocycles. The monoisotopic (exact) mass is 652 g/mol. The van der Waals surface area contributed by atoms with Crippen molar-refractivity contribution >= 4 is 93.4 Å². The molecule has 0 bridgehead atoms. The lowest BCUT2D eigenvalue weighted by Gasteiger charge is -2.25. The molecule has 4 heteroatoms. The van der Waals surface area contributed by atoms with Crippen LogP contribution in [-0.2, 0) is 0 Å². The van der Waals surface area contributed by atoms with Gasteiger partial charge in [0.1, 0.15) is 22.3 Å².